The molecule has 0 heterocycles. The van der Waals surface area contributed by atoms with Crippen molar-refractivity contribution in [3.63, 3.8) is 0 Å². The molecule has 20 heavy (non-hydrogen) atoms. The second kappa shape index (κ2) is 6.55. The van der Waals surface area contributed by atoms with Gasteiger partial charge in [-0.05, 0) is 36.0 Å². The molecule has 0 aliphatic rings. The Labute approximate surface area is 119 Å². The van der Waals surface area contributed by atoms with Crippen LogP contribution in [-0.2, 0) is 21.4 Å². The third-order valence-corrected chi connectivity index (χ3v) is 3.11. The van der Waals surface area contributed by atoms with Gasteiger partial charge in [0.15, 0.2) is 0 Å². The summed E-state index contributed by atoms with van der Waals surface area (Å²) in [7, 11) is 0. The van der Waals surface area contributed by atoms with E-state index in [1.165, 1.54) is 0 Å². The number of aryl methyl sites for hydroxylation is 1. The van der Waals surface area contributed by atoms with E-state index in [1.54, 1.807) is 13.0 Å². The van der Waals surface area contributed by atoms with E-state index in [1.807, 2.05) is 12.1 Å². The molecule has 1 aromatic rings. The van der Waals surface area contributed by atoms with Crippen molar-refractivity contribution >= 4 is 11.9 Å². The molecule has 0 aliphatic heterocycles. The molecule has 1 N–H and O–H groups in total. The smallest absolute Gasteiger partial charge is 0.335 e. The van der Waals surface area contributed by atoms with Crippen LogP contribution in [0.25, 0.3) is 0 Å². The molecule has 110 valence electrons. The van der Waals surface area contributed by atoms with E-state index in [9.17, 15) is 14.7 Å². The number of ether oxygens (including phenoxy) is 1. The minimum absolute atomic E-state index is 0.0598. The van der Waals surface area contributed by atoms with Gasteiger partial charge >= 0.3 is 11.9 Å². The molecule has 0 spiro atoms. The fourth-order valence-electron chi connectivity index (χ4n) is 1.95. The lowest BCUT2D eigenvalue weighted by molar-refractivity contribution is -0.143. The first-order chi connectivity index (χ1) is 9.25. The first kappa shape index (κ1) is 16.2. The van der Waals surface area contributed by atoms with Crippen LogP contribution in [0, 0.1) is 0 Å². The van der Waals surface area contributed by atoms with Crippen molar-refractivity contribution in [3.8, 4) is 0 Å². The number of benzene rings is 1. The van der Waals surface area contributed by atoms with Crippen LogP contribution in [0.1, 0.15) is 55.6 Å². The zero-order valence-electron chi connectivity index (χ0n) is 12.5. The normalized spacial score (nSPS) is 11.2. The van der Waals surface area contributed by atoms with Crippen LogP contribution in [0.4, 0.5) is 0 Å². The predicted molar refractivity (Wildman–Crippen MR) is 77.1 cm³/mol. The van der Waals surface area contributed by atoms with Crippen molar-refractivity contribution in [1.82, 2.24) is 0 Å². The molecular formula is C16H22O4. The summed E-state index contributed by atoms with van der Waals surface area (Å²) in [6.45, 7) is 8.29. The van der Waals surface area contributed by atoms with E-state index < -0.39 is 5.97 Å². The number of hydrogen-bond acceptors (Lipinski definition) is 3. The van der Waals surface area contributed by atoms with Crippen LogP contribution < -0.4 is 0 Å². The van der Waals surface area contributed by atoms with Gasteiger partial charge in [-0.1, -0.05) is 32.9 Å². The van der Waals surface area contributed by atoms with E-state index in [-0.39, 0.29) is 23.4 Å². The largest absolute Gasteiger partial charge is 0.478 e. The molecule has 0 unspecified atom stereocenters. The topological polar surface area (TPSA) is 63.6 Å². The van der Waals surface area contributed by atoms with E-state index in [0.717, 1.165) is 5.56 Å². The summed E-state index contributed by atoms with van der Waals surface area (Å²) in [4.78, 5) is 22.6. The first-order valence-electron chi connectivity index (χ1n) is 6.78. The van der Waals surface area contributed by atoms with Gasteiger partial charge < -0.3 is 9.84 Å². The molecule has 0 saturated carbocycles. The van der Waals surface area contributed by atoms with Crippen LogP contribution >= 0.6 is 0 Å². The molecule has 0 radical (unpaired) electrons. The number of esters is 1. The maximum Gasteiger partial charge on any atom is 0.335 e. The van der Waals surface area contributed by atoms with Gasteiger partial charge in [-0.3, -0.25) is 4.79 Å². The van der Waals surface area contributed by atoms with Gasteiger partial charge in [-0.15, -0.1) is 0 Å². The average Bonchev–Trinajstić information content (AvgIpc) is 2.35. The summed E-state index contributed by atoms with van der Waals surface area (Å²) in [5.41, 5.74) is 1.93. The Morgan fingerprint density at radius 2 is 1.90 bits per heavy atom. The van der Waals surface area contributed by atoms with Gasteiger partial charge in [-0.25, -0.2) is 4.79 Å². The third kappa shape index (κ3) is 4.37. The summed E-state index contributed by atoms with van der Waals surface area (Å²) in [6.07, 6.45) is 0.575. The summed E-state index contributed by atoms with van der Waals surface area (Å²) in [6, 6.07) is 5.32. The van der Waals surface area contributed by atoms with Crippen molar-refractivity contribution in [2.45, 2.75) is 46.0 Å². The van der Waals surface area contributed by atoms with Gasteiger partial charge in [0.05, 0.1) is 12.2 Å². The van der Waals surface area contributed by atoms with Gasteiger partial charge in [0.1, 0.15) is 0 Å². The fourth-order valence-corrected chi connectivity index (χ4v) is 1.95. The lowest BCUT2D eigenvalue weighted by atomic mass is 9.84. The molecule has 0 fully saturated rings. The molecule has 0 saturated heterocycles. The lowest BCUT2D eigenvalue weighted by Crippen LogP contribution is -2.14. The van der Waals surface area contributed by atoms with E-state index in [2.05, 4.69) is 20.8 Å². The van der Waals surface area contributed by atoms with Crippen LogP contribution in [-0.4, -0.2) is 23.7 Å². The Bertz CT molecular complexity index is 498. The van der Waals surface area contributed by atoms with E-state index in [0.29, 0.717) is 18.6 Å². The lowest BCUT2D eigenvalue weighted by Gasteiger charge is -2.20. The molecule has 1 rings (SSSR count). The average molecular weight is 278 g/mol. The highest BCUT2D eigenvalue weighted by atomic mass is 16.5. The zero-order chi connectivity index (χ0) is 15.3. The predicted octanol–water partition coefficient (Wildman–Crippen LogP) is 3.18. The molecule has 0 aliphatic carbocycles. The second-order valence-electron chi connectivity index (χ2n) is 5.73. The quantitative estimate of drug-likeness (QED) is 0.840. The number of carboxylic acids is 1. The third-order valence-electron chi connectivity index (χ3n) is 3.11. The molecule has 0 bridgehead atoms. The number of hydrogen-bond donors (Lipinski definition) is 1. The van der Waals surface area contributed by atoms with Crippen molar-refractivity contribution in [2.75, 3.05) is 6.61 Å². The molecular weight excluding hydrogens is 256 g/mol. The molecule has 4 heteroatoms. The van der Waals surface area contributed by atoms with Crippen LogP contribution in [0.2, 0.25) is 0 Å². The summed E-state index contributed by atoms with van der Waals surface area (Å²) in [5, 5.41) is 9.21. The van der Waals surface area contributed by atoms with E-state index in [4.69, 9.17) is 4.74 Å². The van der Waals surface area contributed by atoms with Crippen LogP contribution in [0.5, 0.6) is 0 Å². The Balaban J connectivity index is 3.01. The van der Waals surface area contributed by atoms with Crippen molar-refractivity contribution in [1.29, 1.82) is 0 Å². The summed E-state index contributed by atoms with van der Waals surface area (Å²) in [5.74, 6) is -1.27. The number of carboxylic acid groups (broad SMARTS) is 1. The Morgan fingerprint density at radius 1 is 1.25 bits per heavy atom. The van der Waals surface area contributed by atoms with Gasteiger partial charge in [-0.2, -0.15) is 0 Å². The number of rotatable bonds is 5. The van der Waals surface area contributed by atoms with Crippen molar-refractivity contribution < 1.29 is 19.4 Å². The molecule has 0 amide bonds. The van der Waals surface area contributed by atoms with Crippen LogP contribution in [0.3, 0.4) is 0 Å². The number of carbonyl (C=O) groups is 2. The summed E-state index contributed by atoms with van der Waals surface area (Å²) < 4.78 is 4.88. The maximum absolute atomic E-state index is 11.4. The van der Waals surface area contributed by atoms with Crippen LogP contribution in [0.15, 0.2) is 18.2 Å². The first-order valence-corrected chi connectivity index (χ1v) is 6.78. The highest BCUT2D eigenvalue weighted by Crippen LogP contribution is 2.25. The Morgan fingerprint density at radius 3 is 2.40 bits per heavy atom. The number of carbonyl (C=O) groups excluding carboxylic acids is 1. The Hall–Kier alpha value is -1.84. The monoisotopic (exact) mass is 278 g/mol. The van der Waals surface area contributed by atoms with Crippen molar-refractivity contribution in [2.24, 2.45) is 0 Å². The standard InChI is InChI=1S/C16H22O4/c1-5-20-14(17)9-6-11-10-12(16(2,3)4)7-8-13(11)15(18)19/h7-8,10H,5-6,9H2,1-4H3,(H,18,19). The highest BCUT2D eigenvalue weighted by molar-refractivity contribution is 5.89. The highest BCUT2D eigenvalue weighted by Gasteiger charge is 2.18. The minimum atomic E-state index is -0.968. The van der Waals surface area contributed by atoms with Gasteiger partial charge in [0.2, 0.25) is 0 Å². The molecule has 0 atom stereocenters. The van der Waals surface area contributed by atoms with Gasteiger partial charge in [0, 0.05) is 6.42 Å². The fraction of sp³-hybridized carbons (Fsp3) is 0.500. The SMILES string of the molecule is CCOC(=O)CCc1cc(C(C)(C)C)ccc1C(=O)O. The van der Waals surface area contributed by atoms with E-state index >= 15 is 0 Å². The molecule has 0 aromatic heterocycles. The summed E-state index contributed by atoms with van der Waals surface area (Å²) >= 11 is 0. The van der Waals surface area contributed by atoms with Gasteiger partial charge in [0.25, 0.3) is 0 Å². The second-order valence-corrected chi connectivity index (χ2v) is 5.73. The zero-order valence-corrected chi connectivity index (χ0v) is 12.5. The number of aromatic carboxylic acids is 1. The molecule has 1 aromatic carbocycles. The maximum atomic E-state index is 11.4. The molecule has 4 nitrogen and oxygen atoms in total. The van der Waals surface area contributed by atoms with Crippen molar-refractivity contribution in [3.05, 3.63) is 34.9 Å². The minimum Gasteiger partial charge on any atom is -0.478 e. The Kier molecular flexibility index (Phi) is 5.31.